The van der Waals surface area contributed by atoms with Crippen LogP contribution in [0.2, 0.25) is 5.02 Å². The summed E-state index contributed by atoms with van der Waals surface area (Å²) in [5, 5.41) is 9.44. The Labute approximate surface area is 116 Å². The molecule has 3 N–H and O–H groups in total. The van der Waals surface area contributed by atoms with Crippen LogP contribution in [0.15, 0.2) is 48.5 Å². The first-order chi connectivity index (χ1) is 9.06. The largest absolute Gasteiger partial charge is 0.481 e. The number of carboxylic acid groups (broad SMARTS) is 1. The maximum absolute atomic E-state index is 10.7. The molecule has 0 saturated carbocycles. The zero-order valence-electron chi connectivity index (χ0n) is 10.2. The predicted molar refractivity (Wildman–Crippen MR) is 76.1 cm³/mol. The minimum absolute atomic E-state index is 0.0843. The zero-order chi connectivity index (χ0) is 13.8. The molecule has 0 saturated heterocycles. The average Bonchev–Trinajstić information content (AvgIpc) is 2.38. The van der Waals surface area contributed by atoms with Crippen LogP contribution >= 0.6 is 11.6 Å². The molecule has 0 amide bonds. The number of hydrogen-bond donors (Lipinski definition) is 2. The van der Waals surface area contributed by atoms with Crippen molar-refractivity contribution in [1.29, 1.82) is 0 Å². The van der Waals surface area contributed by atoms with Gasteiger partial charge >= 0.3 is 5.97 Å². The fourth-order valence-electron chi connectivity index (χ4n) is 1.92. The van der Waals surface area contributed by atoms with E-state index in [9.17, 15) is 4.79 Å². The fraction of sp³-hybridized carbons (Fsp3) is 0.133. The summed E-state index contributed by atoms with van der Waals surface area (Å²) in [4.78, 5) is 10.7. The first kappa shape index (κ1) is 13.6. The third-order valence-corrected chi connectivity index (χ3v) is 3.10. The van der Waals surface area contributed by atoms with Crippen LogP contribution in [0, 0.1) is 0 Å². The number of nitrogens with two attached hydrogens (primary N) is 1. The summed E-state index contributed by atoms with van der Waals surface area (Å²) in [6.45, 7) is 0. The third-order valence-electron chi connectivity index (χ3n) is 2.87. The number of halogens is 1. The van der Waals surface area contributed by atoms with Gasteiger partial charge in [0.15, 0.2) is 0 Å². The highest BCUT2D eigenvalue weighted by Gasteiger charge is 2.11. The van der Waals surface area contributed by atoms with Crippen molar-refractivity contribution in [2.24, 2.45) is 5.73 Å². The van der Waals surface area contributed by atoms with Gasteiger partial charge in [0.1, 0.15) is 0 Å². The zero-order valence-corrected chi connectivity index (χ0v) is 11.0. The van der Waals surface area contributed by atoms with Crippen LogP contribution < -0.4 is 5.73 Å². The standard InChI is InChI=1S/C15H14ClNO2/c16-13-6-2-4-11(8-13)10-3-1-5-12(7-10)14(17)9-15(18)19/h1-8,14H,9,17H2,(H,18,19)/t14-/m0/s1. The van der Waals surface area contributed by atoms with Gasteiger partial charge in [0, 0.05) is 11.1 Å². The predicted octanol–water partition coefficient (Wildman–Crippen LogP) is 3.48. The average molecular weight is 276 g/mol. The Bertz CT molecular complexity index is 598. The summed E-state index contributed by atoms with van der Waals surface area (Å²) in [6, 6.07) is 14.6. The van der Waals surface area contributed by atoms with Crippen LogP contribution in [-0.2, 0) is 4.79 Å². The third kappa shape index (κ3) is 3.56. The number of rotatable bonds is 4. The summed E-state index contributed by atoms with van der Waals surface area (Å²) in [7, 11) is 0. The van der Waals surface area contributed by atoms with Gasteiger partial charge in [-0.3, -0.25) is 4.79 Å². The lowest BCUT2D eigenvalue weighted by atomic mass is 9.98. The van der Waals surface area contributed by atoms with Crippen molar-refractivity contribution in [3.8, 4) is 11.1 Å². The lowest BCUT2D eigenvalue weighted by molar-refractivity contribution is -0.137. The molecule has 0 aliphatic heterocycles. The van der Waals surface area contributed by atoms with Crippen molar-refractivity contribution < 1.29 is 9.90 Å². The van der Waals surface area contributed by atoms with E-state index in [1.54, 1.807) is 0 Å². The van der Waals surface area contributed by atoms with Gasteiger partial charge in [0.05, 0.1) is 6.42 Å². The van der Waals surface area contributed by atoms with Crippen molar-refractivity contribution in [3.05, 3.63) is 59.1 Å². The van der Waals surface area contributed by atoms with Gasteiger partial charge in [-0.25, -0.2) is 0 Å². The highest BCUT2D eigenvalue weighted by molar-refractivity contribution is 6.30. The summed E-state index contributed by atoms with van der Waals surface area (Å²) in [5.74, 6) is -0.902. The topological polar surface area (TPSA) is 63.3 Å². The van der Waals surface area contributed by atoms with Gasteiger partial charge in [-0.2, -0.15) is 0 Å². The molecule has 0 fully saturated rings. The van der Waals surface area contributed by atoms with Gasteiger partial charge < -0.3 is 10.8 Å². The van der Waals surface area contributed by atoms with E-state index in [-0.39, 0.29) is 6.42 Å². The van der Waals surface area contributed by atoms with E-state index in [0.29, 0.717) is 5.02 Å². The maximum atomic E-state index is 10.7. The molecule has 0 heterocycles. The maximum Gasteiger partial charge on any atom is 0.305 e. The molecule has 4 heteroatoms. The second-order valence-corrected chi connectivity index (χ2v) is 4.78. The van der Waals surface area contributed by atoms with Crippen LogP contribution in [-0.4, -0.2) is 11.1 Å². The lowest BCUT2D eigenvalue weighted by Crippen LogP contribution is -2.14. The van der Waals surface area contributed by atoms with Crippen LogP contribution in [0.25, 0.3) is 11.1 Å². The Morgan fingerprint density at radius 3 is 2.42 bits per heavy atom. The Hall–Kier alpha value is -1.84. The van der Waals surface area contributed by atoms with Crippen LogP contribution in [0.3, 0.4) is 0 Å². The molecular formula is C15H14ClNO2. The summed E-state index contributed by atoms with van der Waals surface area (Å²) in [6.07, 6.45) is -0.0843. The molecule has 2 aromatic carbocycles. The van der Waals surface area contributed by atoms with Gasteiger partial charge in [-0.1, -0.05) is 41.9 Å². The number of aliphatic carboxylic acids is 1. The number of benzene rings is 2. The second-order valence-electron chi connectivity index (χ2n) is 4.34. The van der Waals surface area contributed by atoms with Crippen molar-refractivity contribution >= 4 is 17.6 Å². The van der Waals surface area contributed by atoms with Crippen molar-refractivity contribution in [3.63, 3.8) is 0 Å². The summed E-state index contributed by atoms with van der Waals surface area (Å²) in [5.41, 5.74) is 8.63. The minimum atomic E-state index is -0.902. The SMILES string of the molecule is N[C@@H](CC(=O)O)c1cccc(-c2cccc(Cl)c2)c1. The molecule has 0 spiro atoms. The summed E-state index contributed by atoms with van der Waals surface area (Å²) < 4.78 is 0. The van der Waals surface area contributed by atoms with Crippen LogP contribution in [0.4, 0.5) is 0 Å². The van der Waals surface area contributed by atoms with Crippen LogP contribution in [0.5, 0.6) is 0 Å². The molecule has 1 atom stereocenters. The summed E-state index contributed by atoms with van der Waals surface area (Å²) >= 11 is 5.96. The fourth-order valence-corrected chi connectivity index (χ4v) is 2.11. The Morgan fingerprint density at radius 2 is 1.79 bits per heavy atom. The Morgan fingerprint density at radius 1 is 1.16 bits per heavy atom. The molecule has 0 aromatic heterocycles. The molecule has 2 rings (SSSR count). The molecule has 2 aromatic rings. The minimum Gasteiger partial charge on any atom is -0.481 e. The van der Waals surface area contributed by atoms with Gasteiger partial charge in [0.2, 0.25) is 0 Å². The van der Waals surface area contributed by atoms with Gasteiger partial charge in [-0.05, 0) is 34.9 Å². The van der Waals surface area contributed by atoms with E-state index < -0.39 is 12.0 Å². The second kappa shape index (κ2) is 5.87. The highest BCUT2D eigenvalue weighted by atomic mass is 35.5. The van der Waals surface area contributed by atoms with E-state index in [2.05, 4.69) is 0 Å². The molecule has 0 radical (unpaired) electrons. The van der Waals surface area contributed by atoms with Crippen molar-refractivity contribution in [2.75, 3.05) is 0 Å². The monoisotopic (exact) mass is 275 g/mol. The Balaban J connectivity index is 2.31. The number of carboxylic acids is 1. The first-order valence-corrected chi connectivity index (χ1v) is 6.27. The van der Waals surface area contributed by atoms with E-state index >= 15 is 0 Å². The molecule has 0 aliphatic rings. The molecule has 0 aliphatic carbocycles. The highest BCUT2D eigenvalue weighted by Crippen LogP contribution is 2.25. The Kier molecular flexibility index (Phi) is 4.20. The van der Waals surface area contributed by atoms with Gasteiger partial charge in [0.25, 0.3) is 0 Å². The molecule has 0 unspecified atom stereocenters. The van der Waals surface area contributed by atoms with Gasteiger partial charge in [-0.15, -0.1) is 0 Å². The van der Waals surface area contributed by atoms with E-state index in [1.807, 2.05) is 48.5 Å². The first-order valence-electron chi connectivity index (χ1n) is 5.89. The molecule has 19 heavy (non-hydrogen) atoms. The quantitative estimate of drug-likeness (QED) is 0.898. The smallest absolute Gasteiger partial charge is 0.305 e. The van der Waals surface area contributed by atoms with Crippen LogP contribution in [0.1, 0.15) is 18.0 Å². The molecule has 98 valence electrons. The van der Waals surface area contributed by atoms with E-state index in [4.69, 9.17) is 22.4 Å². The number of carbonyl (C=O) groups is 1. The lowest BCUT2D eigenvalue weighted by Gasteiger charge is -2.11. The van der Waals surface area contributed by atoms with Crippen molar-refractivity contribution in [1.82, 2.24) is 0 Å². The normalized spacial score (nSPS) is 12.1. The molecule has 3 nitrogen and oxygen atoms in total. The van der Waals surface area contributed by atoms with Crippen molar-refractivity contribution in [2.45, 2.75) is 12.5 Å². The van der Waals surface area contributed by atoms with E-state index in [0.717, 1.165) is 16.7 Å². The molecular weight excluding hydrogens is 262 g/mol. The molecule has 0 bridgehead atoms. The van der Waals surface area contributed by atoms with E-state index in [1.165, 1.54) is 0 Å². The number of hydrogen-bond acceptors (Lipinski definition) is 2.